The number of non-ortho nitro benzene ring substituents is 1. The molecule has 0 saturated carbocycles. The second-order valence-corrected chi connectivity index (χ2v) is 7.76. The Bertz CT molecular complexity index is 1010. The second-order valence-electron chi connectivity index (χ2n) is 5.45. The average molecular weight is 414 g/mol. The summed E-state index contributed by atoms with van der Waals surface area (Å²) in [7, 11) is -1.71. The number of nitro groups is 1. The van der Waals surface area contributed by atoms with Gasteiger partial charge < -0.3 is 5.32 Å². The van der Waals surface area contributed by atoms with E-state index in [1.54, 1.807) is 6.92 Å². The van der Waals surface area contributed by atoms with Crippen molar-refractivity contribution in [3.05, 3.63) is 62.7 Å². The summed E-state index contributed by atoms with van der Waals surface area (Å²) in [5, 5.41) is 13.4. The monoisotopic (exact) mass is 413 g/mol. The van der Waals surface area contributed by atoms with Crippen LogP contribution in [0.25, 0.3) is 0 Å². The number of amides is 1. The molecule has 0 saturated heterocycles. The van der Waals surface area contributed by atoms with E-state index in [1.807, 2.05) is 0 Å². The Hall–Kier alpha value is -2.53. The minimum absolute atomic E-state index is 0.00776. The Morgan fingerprint density at radius 3 is 2.52 bits per heavy atom. The van der Waals surface area contributed by atoms with Crippen LogP contribution in [0.5, 0.6) is 0 Å². The van der Waals surface area contributed by atoms with Crippen molar-refractivity contribution < 1.29 is 23.0 Å². The number of hydroxylamine groups is 1. The summed E-state index contributed by atoms with van der Waals surface area (Å²) in [6, 6.07) is 7.76. The van der Waals surface area contributed by atoms with Crippen molar-refractivity contribution in [2.75, 3.05) is 19.5 Å². The predicted molar refractivity (Wildman–Crippen MR) is 99.2 cm³/mol. The number of hydrogen-bond acceptors (Lipinski definition) is 6. The molecule has 0 bridgehead atoms. The van der Waals surface area contributed by atoms with Gasteiger partial charge in [0.1, 0.15) is 4.90 Å². The lowest BCUT2D eigenvalue weighted by atomic mass is 10.1. The number of anilines is 1. The molecule has 1 amide bonds. The lowest BCUT2D eigenvalue weighted by molar-refractivity contribution is -0.384. The minimum atomic E-state index is -4.06. The number of rotatable bonds is 6. The van der Waals surface area contributed by atoms with Gasteiger partial charge in [-0.3, -0.25) is 19.7 Å². The van der Waals surface area contributed by atoms with E-state index in [0.717, 1.165) is 6.07 Å². The van der Waals surface area contributed by atoms with E-state index in [9.17, 15) is 23.3 Å². The number of aryl methyl sites for hydroxylation is 1. The molecule has 9 nitrogen and oxygen atoms in total. The van der Waals surface area contributed by atoms with Gasteiger partial charge in [-0.1, -0.05) is 22.1 Å². The summed E-state index contributed by atoms with van der Waals surface area (Å²) >= 11 is 5.96. The number of nitrogens with zero attached hydrogens (tertiary/aromatic N) is 2. The molecule has 0 aliphatic rings. The van der Waals surface area contributed by atoms with Crippen molar-refractivity contribution in [2.24, 2.45) is 0 Å². The van der Waals surface area contributed by atoms with Crippen molar-refractivity contribution in [2.45, 2.75) is 11.8 Å². The van der Waals surface area contributed by atoms with Crippen LogP contribution >= 0.6 is 11.6 Å². The van der Waals surface area contributed by atoms with Crippen LogP contribution in [0.1, 0.15) is 15.9 Å². The lowest BCUT2D eigenvalue weighted by Crippen LogP contribution is -2.26. The van der Waals surface area contributed by atoms with Gasteiger partial charge in [-0.2, -0.15) is 0 Å². The third-order valence-corrected chi connectivity index (χ3v) is 5.91. The zero-order chi connectivity index (χ0) is 20.4. The minimum Gasteiger partial charge on any atom is -0.321 e. The zero-order valence-electron chi connectivity index (χ0n) is 14.6. The summed E-state index contributed by atoms with van der Waals surface area (Å²) in [4.78, 5) is 27.2. The average Bonchev–Trinajstić information content (AvgIpc) is 2.62. The van der Waals surface area contributed by atoms with Gasteiger partial charge in [-0.25, -0.2) is 8.42 Å². The van der Waals surface area contributed by atoms with Crippen LogP contribution < -0.4 is 5.32 Å². The fourth-order valence-electron chi connectivity index (χ4n) is 2.13. The maximum atomic E-state index is 12.5. The standard InChI is InChI=1S/C16H16ClN3O6S/c1-10-4-6-12(20(22)23)9-14(10)18-16(21)11-5-7-13(17)15(8-11)27(24,25)19(2)26-3/h4-9H,1-3H3,(H,18,21). The van der Waals surface area contributed by atoms with Crippen molar-refractivity contribution >= 4 is 38.9 Å². The number of nitrogens with one attached hydrogen (secondary N) is 1. The number of carbonyl (C=O) groups is 1. The summed E-state index contributed by atoms with van der Waals surface area (Å²) in [5.74, 6) is -0.646. The van der Waals surface area contributed by atoms with Crippen LogP contribution in [-0.4, -0.2) is 37.9 Å². The predicted octanol–water partition coefficient (Wildman–Crippen LogP) is 2.99. The van der Waals surface area contributed by atoms with Crippen molar-refractivity contribution in [1.82, 2.24) is 4.47 Å². The van der Waals surface area contributed by atoms with E-state index in [2.05, 4.69) is 5.32 Å². The Labute approximate surface area is 160 Å². The lowest BCUT2D eigenvalue weighted by Gasteiger charge is -2.16. The van der Waals surface area contributed by atoms with Crippen LogP contribution in [0.15, 0.2) is 41.3 Å². The largest absolute Gasteiger partial charge is 0.321 e. The molecule has 144 valence electrons. The van der Waals surface area contributed by atoms with Crippen LogP contribution in [0, 0.1) is 17.0 Å². The zero-order valence-corrected chi connectivity index (χ0v) is 16.2. The molecule has 0 heterocycles. The smallest absolute Gasteiger partial charge is 0.271 e. The van der Waals surface area contributed by atoms with Crippen LogP contribution in [-0.2, 0) is 14.9 Å². The second kappa shape index (κ2) is 8.01. The van der Waals surface area contributed by atoms with Crippen LogP contribution in [0.4, 0.5) is 11.4 Å². The maximum Gasteiger partial charge on any atom is 0.271 e. The van der Waals surface area contributed by atoms with E-state index in [1.165, 1.54) is 44.5 Å². The normalized spacial score (nSPS) is 11.4. The summed E-state index contributed by atoms with van der Waals surface area (Å²) in [6.45, 7) is 1.67. The fraction of sp³-hybridized carbons (Fsp3) is 0.188. The molecular weight excluding hydrogens is 398 g/mol. The third-order valence-electron chi connectivity index (χ3n) is 3.75. The Balaban J connectivity index is 2.40. The van der Waals surface area contributed by atoms with E-state index in [0.29, 0.717) is 10.0 Å². The van der Waals surface area contributed by atoms with Crippen LogP contribution in [0.2, 0.25) is 5.02 Å². The molecule has 2 rings (SSSR count). The highest BCUT2D eigenvalue weighted by molar-refractivity contribution is 7.89. The first-order valence-corrected chi connectivity index (χ1v) is 9.28. The molecule has 0 aromatic heterocycles. The molecule has 27 heavy (non-hydrogen) atoms. The fourth-order valence-corrected chi connectivity index (χ4v) is 3.61. The number of nitro benzene ring substituents is 1. The van der Waals surface area contributed by atoms with Crippen molar-refractivity contribution in [3.8, 4) is 0 Å². The van der Waals surface area contributed by atoms with Gasteiger partial charge in [-0.15, -0.1) is 0 Å². The SMILES string of the molecule is CON(C)S(=O)(=O)c1cc(C(=O)Nc2cc([N+](=O)[O-])ccc2C)ccc1Cl. The third kappa shape index (κ3) is 4.42. The molecule has 0 atom stereocenters. The van der Waals surface area contributed by atoms with Crippen molar-refractivity contribution in [3.63, 3.8) is 0 Å². The van der Waals surface area contributed by atoms with Crippen molar-refractivity contribution in [1.29, 1.82) is 0 Å². The molecule has 2 aromatic carbocycles. The molecule has 0 fully saturated rings. The Kier molecular flexibility index (Phi) is 6.16. The summed E-state index contributed by atoms with van der Waals surface area (Å²) in [5.41, 5.74) is 0.669. The van der Waals surface area contributed by atoms with E-state index < -0.39 is 20.9 Å². The molecular formula is C16H16ClN3O6S. The van der Waals surface area contributed by atoms with Gasteiger partial charge in [0.25, 0.3) is 21.6 Å². The molecule has 0 radical (unpaired) electrons. The molecule has 11 heteroatoms. The van der Waals surface area contributed by atoms with Gasteiger partial charge >= 0.3 is 0 Å². The topological polar surface area (TPSA) is 119 Å². The maximum absolute atomic E-state index is 12.5. The van der Waals surface area contributed by atoms with Gasteiger partial charge in [0.05, 0.1) is 22.7 Å². The highest BCUT2D eigenvalue weighted by Crippen LogP contribution is 2.27. The highest BCUT2D eigenvalue weighted by atomic mass is 35.5. The van der Waals surface area contributed by atoms with E-state index in [4.69, 9.17) is 16.4 Å². The van der Waals surface area contributed by atoms with Gasteiger partial charge in [0.2, 0.25) is 0 Å². The first-order valence-electron chi connectivity index (χ1n) is 7.47. The molecule has 1 N–H and O–H groups in total. The number of halogens is 1. The van der Waals surface area contributed by atoms with Gasteiger partial charge in [0.15, 0.2) is 0 Å². The molecule has 2 aromatic rings. The summed E-state index contributed by atoms with van der Waals surface area (Å²) < 4.78 is 25.4. The molecule has 0 aliphatic carbocycles. The summed E-state index contributed by atoms with van der Waals surface area (Å²) in [6.07, 6.45) is 0. The molecule has 0 spiro atoms. The van der Waals surface area contributed by atoms with Gasteiger partial charge in [0, 0.05) is 24.7 Å². The number of benzene rings is 2. The van der Waals surface area contributed by atoms with E-state index >= 15 is 0 Å². The first kappa shape index (κ1) is 20.8. The number of carbonyl (C=O) groups excluding carboxylic acids is 1. The van der Waals surface area contributed by atoms with E-state index in [-0.39, 0.29) is 26.9 Å². The Morgan fingerprint density at radius 1 is 1.26 bits per heavy atom. The number of sulfonamides is 1. The number of hydrogen-bond donors (Lipinski definition) is 1. The highest BCUT2D eigenvalue weighted by Gasteiger charge is 2.25. The quantitative estimate of drug-likeness (QED) is 0.574. The first-order chi connectivity index (χ1) is 12.6. The van der Waals surface area contributed by atoms with Gasteiger partial charge in [-0.05, 0) is 30.7 Å². The Morgan fingerprint density at radius 2 is 1.93 bits per heavy atom. The molecule has 0 unspecified atom stereocenters. The van der Waals surface area contributed by atoms with Crippen LogP contribution in [0.3, 0.4) is 0 Å². The molecule has 0 aliphatic heterocycles.